The number of hydrogen-bond donors (Lipinski definition) is 0. The molecule has 7 heteroatoms. The molecule has 2 aromatic rings. The number of esters is 1. The normalized spacial score (nSPS) is 23.3. The van der Waals surface area contributed by atoms with Crippen LogP contribution in [-0.2, 0) is 21.1 Å². The molecule has 5 rings (SSSR count). The Morgan fingerprint density at radius 1 is 1.17 bits per heavy atom. The maximum absolute atomic E-state index is 13.9. The van der Waals surface area contributed by atoms with Gasteiger partial charge in [-0.2, -0.15) is 11.8 Å². The van der Waals surface area contributed by atoms with Crippen LogP contribution in [0.1, 0.15) is 41.6 Å². The average Bonchev–Trinajstić information content (AvgIpc) is 3.58. The molecule has 2 aromatic carbocycles. The van der Waals surface area contributed by atoms with Gasteiger partial charge in [0.05, 0.1) is 29.3 Å². The van der Waals surface area contributed by atoms with Gasteiger partial charge in [0.1, 0.15) is 0 Å². The number of halogens is 1. The molecule has 0 N–H and O–H groups in total. The summed E-state index contributed by atoms with van der Waals surface area (Å²) in [5.41, 5.74) is 2.68. The monoisotopic (exact) mass is 461 g/mol. The van der Waals surface area contributed by atoms with E-state index in [0.29, 0.717) is 16.5 Å². The van der Waals surface area contributed by atoms with Crippen molar-refractivity contribution >= 4 is 46.0 Å². The summed E-state index contributed by atoms with van der Waals surface area (Å²) in [6.07, 6.45) is 4.44. The van der Waals surface area contributed by atoms with Crippen LogP contribution >= 0.6 is 23.4 Å². The Hall–Kier alpha value is -1.50. The van der Waals surface area contributed by atoms with Crippen LogP contribution in [0.15, 0.2) is 47.4 Å². The van der Waals surface area contributed by atoms with Gasteiger partial charge in [0, 0.05) is 10.4 Å². The topological polar surface area (TPSA) is 46.6 Å². The molecular formula is C23H24ClNO3S2. The molecule has 1 aliphatic carbocycles. The Morgan fingerprint density at radius 2 is 1.87 bits per heavy atom. The number of nitrogens with zero attached hydrogens (tertiary/aromatic N) is 1. The fourth-order valence-corrected chi connectivity index (χ4v) is 7.98. The lowest BCUT2D eigenvalue weighted by atomic mass is 9.70. The fraction of sp³-hybridized carbons (Fsp3) is 0.435. The van der Waals surface area contributed by atoms with E-state index >= 15 is 0 Å². The molecule has 0 aromatic heterocycles. The highest BCUT2D eigenvalue weighted by Gasteiger charge is 2.58. The number of carbonyl (C=O) groups is 1. The Bertz CT molecular complexity index is 1000. The molecule has 158 valence electrons. The van der Waals surface area contributed by atoms with Crippen molar-refractivity contribution < 1.29 is 13.7 Å². The van der Waals surface area contributed by atoms with E-state index < -0.39 is 11.0 Å². The number of hydrogen-bond acceptors (Lipinski definition) is 4. The van der Waals surface area contributed by atoms with E-state index in [2.05, 4.69) is 4.31 Å². The summed E-state index contributed by atoms with van der Waals surface area (Å²) in [6, 6.07) is 13.3. The Morgan fingerprint density at radius 3 is 2.50 bits per heavy atom. The van der Waals surface area contributed by atoms with Crippen molar-refractivity contribution in [2.75, 3.05) is 22.9 Å². The highest BCUT2D eigenvalue weighted by atomic mass is 35.5. The molecule has 0 radical (unpaired) electrons. The largest absolute Gasteiger partial charge is 0.465 e. The van der Waals surface area contributed by atoms with Crippen molar-refractivity contribution in [3.8, 4) is 0 Å². The van der Waals surface area contributed by atoms with Crippen molar-refractivity contribution in [3.05, 3.63) is 58.6 Å². The highest BCUT2D eigenvalue weighted by molar-refractivity contribution is 7.99. The first-order valence-corrected chi connectivity index (χ1v) is 13.0. The predicted molar refractivity (Wildman–Crippen MR) is 123 cm³/mol. The van der Waals surface area contributed by atoms with Gasteiger partial charge in [0.2, 0.25) is 0 Å². The van der Waals surface area contributed by atoms with Crippen LogP contribution in [0.4, 0.5) is 5.69 Å². The second-order valence-electron chi connectivity index (χ2n) is 8.30. The van der Waals surface area contributed by atoms with Crippen molar-refractivity contribution in [1.29, 1.82) is 0 Å². The van der Waals surface area contributed by atoms with Crippen LogP contribution in [0.2, 0.25) is 5.02 Å². The number of rotatable bonds is 4. The minimum absolute atomic E-state index is 0.0616. The second kappa shape index (κ2) is 7.88. The smallest absolute Gasteiger partial charge is 0.337 e. The first kappa shape index (κ1) is 20.4. The van der Waals surface area contributed by atoms with Gasteiger partial charge in [-0.25, -0.2) is 9.00 Å². The molecule has 2 fully saturated rings. The average molecular weight is 462 g/mol. The van der Waals surface area contributed by atoms with E-state index in [9.17, 15) is 9.00 Å². The number of benzene rings is 2. The van der Waals surface area contributed by atoms with Crippen molar-refractivity contribution in [2.24, 2.45) is 5.92 Å². The van der Waals surface area contributed by atoms with E-state index in [1.165, 1.54) is 25.5 Å². The number of methoxy groups -OCH3 is 1. The van der Waals surface area contributed by atoms with E-state index in [4.69, 9.17) is 16.3 Å². The van der Waals surface area contributed by atoms with E-state index in [1.807, 2.05) is 36.0 Å². The first-order chi connectivity index (χ1) is 14.5. The molecule has 2 heterocycles. The third-order valence-electron chi connectivity index (χ3n) is 6.66. The second-order valence-corrected chi connectivity index (χ2v) is 11.3. The minimum Gasteiger partial charge on any atom is -0.465 e. The predicted octanol–water partition coefficient (Wildman–Crippen LogP) is 5.21. The van der Waals surface area contributed by atoms with Crippen LogP contribution in [0.25, 0.3) is 0 Å². The number of thioether (sulfide) groups is 1. The molecule has 2 unspecified atom stereocenters. The maximum Gasteiger partial charge on any atom is 0.337 e. The van der Waals surface area contributed by atoms with Gasteiger partial charge >= 0.3 is 5.97 Å². The van der Waals surface area contributed by atoms with Crippen LogP contribution < -0.4 is 4.31 Å². The number of carbonyl (C=O) groups excluding carboxylic acids is 1. The Kier molecular flexibility index (Phi) is 5.36. The molecule has 1 spiro atoms. The maximum atomic E-state index is 13.9. The van der Waals surface area contributed by atoms with Crippen molar-refractivity contribution in [1.82, 2.24) is 0 Å². The third-order valence-corrected chi connectivity index (χ3v) is 9.35. The standard InChI is InChI=1S/C23H24ClNO3S2/c1-28-22(26)16-4-9-20-19(14-16)23(10-12-29-13-11-23)21(15-2-3-15)25(20)30(27)18-7-5-17(24)6-8-18/h4-9,14-15,21H,2-3,10-13H2,1H3. The summed E-state index contributed by atoms with van der Waals surface area (Å²) in [5.74, 6) is 2.40. The molecule has 30 heavy (non-hydrogen) atoms. The Labute approximate surface area is 188 Å². The van der Waals surface area contributed by atoms with E-state index in [0.717, 1.165) is 34.9 Å². The zero-order chi connectivity index (χ0) is 20.9. The SMILES string of the molecule is COC(=O)c1ccc2c(c1)C1(CCSCC1)C(C1CC1)N2S(=O)c1ccc(Cl)cc1. The summed E-state index contributed by atoms with van der Waals surface area (Å²) in [4.78, 5) is 13.0. The van der Waals surface area contributed by atoms with Gasteiger partial charge in [0.25, 0.3) is 0 Å². The summed E-state index contributed by atoms with van der Waals surface area (Å²) >= 11 is 8.05. The van der Waals surface area contributed by atoms with E-state index in [-0.39, 0.29) is 17.4 Å². The van der Waals surface area contributed by atoms with Crippen LogP contribution in [0, 0.1) is 5.92 Å². The number of ether oxygens (including phenoxy) is 1. The molecule has 2 aliphatic heterocycles. The van der Waals surface area contributed by atoms with Crippen LogP contribution in [0.5, 0.6) is 0 Å². The van der Waals surface area contributed by atoms with E-state index in [1.54, 1.807) is 18.2 Å². The highest BCUT2D eigenvalue weighted by Crippen LogP contribution is 2.59. The van der Waals surface area contributed by atoms with Gasteiger partial charge in [-0.3, -0.25) is 4.31 Å². The molecule has 0 bridgehead atoms. The Balaban J connectivity index is 1.66. The third kappa shape index (κ3) is 3.28. The van der Waals surface area contributed by atoms with Gasteiger partial charge in [0.15, 0.2) is 11.0 Å². The summed E-state index contributed by atoms with van der Waals surface area (Å²) in [5, 5.41) is 0.639. The molecular weight excluding hydrogens is 438 g/mol. The van der Waals surface area contributed by atoms with Crippen LogP contribution in [-0.4, -0.2) is 34.8 Å². The van der Waals surface area contributed by atoms with Gasteiger partial charge in [-0.05, 0) is 91.1 Å². The summed E-state index contributed by atoms with van der Waals surface area (Å²) in [7, 11) is 0.0800. The minimum atomic E-state index is -1.33. The van der Waals surface area contributed by atoms with Crippen LogP contribution in [0.3, 0.4) is 0 Å². The molecule has 3 aliphatic rings. The van der Waals surface area contributed by atoms with Gasteiger partial charge in [-0.15, -0.1) is 0 Å². The summed E-state index contributed by atoms with van der Waals surface area (Å²) in [6.45, 7) is 0. The van der Waals surface area contributed by atoms with Crippen molar-refractivity contribution in [2.45, 2.75) is 42.0 Å². The molecule has 1 saturated heterocycles. The molecule has 4 nitrogen and oxygen atoms in total. The summed E-state index contributed by atoms with van der Waals surface area (Å²) < 4.78 is 21.0. The molecule has 1 saturated carbocycles. The van der Waals surface area contributed by atoms with Crippen molar-refractivity contribution in [3.63, 3.8) is 0 Å². The zero-order valence-corrected chi connectivity index (χ0v) is 19.2. The zero-order valence-electron chi connectivity index (χ0n) is 16.8. The lowest BCUT2D eigenvalue weighted by molar-refractivity contribution is 0.0600. The van der Waals surface area contributed by atoms with Gasteiger partial charge in [-0.1, -0.05) is 11.6 Å². The molecule has 2 atom stereocenters. The van der Waals surface area contributed by atoms with Gasteiger partial charge < -0.3 is 4.74 Å². The number of anilines is 1. The lowest BCUT2D eigenvalue weighted by Crippen LogP contribution is -2.49. The number of fused-ring (bicyclic) bond motifs is 2. The first-order valence-electron chi connectivity index (χ1n) is 10.3. The quantitative estimate of drug-likeness (QED) is 0.586. The molecule has 0 amide bonds. The lowest BCUT2D eigenvalue weighted by Gasteiger charge is -2.41. The fourth-order valence-electron chi connectivity index (χ4n) is 5.12.